The van der Waals surface area contributed by atoms with E-state index in [1.54, 1.807) is 18.2 Å². The molecule has 0 aliphatic rings. The third-order valence-corrected chi connectivity index (χ3v) is 2.27. The highest BCUT2D eigenvalue weighted by Gasteiger charge is 2.09. The molecule has 0 saturated carbocycles. The first kappa shape index (κ1) is 12.7. The first-order valence-corrected chi connectivity index (χ1v) is 5.08. The number of rotatable bonds is 2. The minimum atomic E-state index is -0.587. The summed E-state index contributed by atoms with van der Waals surface area (Å²) in [6.45, 7) is 0. The molecule has 0 atom stereocenters. The van der Waals surface area contributed by atoms with E-state index in [9.17, 15) is 4.39 Å². The molecular weight excluding hydrogens is 287 g/mol. The first-order valence-electron chi connectivity index (χ1n) is 4.29. The van der Waals surface area contributed by atoms with Crippen LogP contribution < -0.4 is 5.32 Å². The molecule has 0 aromatic heterocycles. The Morgan fingerprint density at radius 1 is 1.18 bits per heavy atom. The topological polar surface area (TPSA) is 83.4 Å². The Labute approximate surface area is 105 Å². The number of halogens is 2. The first-order chi connectivity index (χ1) is 8.12. The lowest BCUT2D eigenvalue weighted by Gasteiger charge is -2.06. The fraction of sp³-hybridized carbons (Fsp3) is 0. The quantitative estimate of drug-likeness (QED) is 0.849. The fourth-order valence-electron chi connectivity index (χ4n) is 1.01. The molecule has 17 heavy (non-hydrogen) atoms. The van der Waals surface area contributed by atoms with Crippen molar-refractivity contribution in [3.63, 3.8) is 0 Å². The molecule has 0 aliphatic heterocycles. The largest absolute Gasteiger partial charge is 0.343 e. The van der Waals surface area contributed by atoms with Crippen molar-refractivity contribution in [1.82, 2.24) is 0 Å². The van der Waals surface area contributed by atoms with Crippen LogP contribution in [0.5, 0.6) is 0 Å². The van der Waals surface area contributed by atoms with Gasteiger partial charge in [0.05, 0.1) is 5.69 Å². The standard InChI is InChI=1S/C11H4BrFN4/c12-8-1-2-9(13)10(3-8)17-11(6-16)7(4-14)5-15/h1-3,17H. The lowest BCUT2D eigenvalue weighted by Crippen LogP contribution is -2.02. The zero-order chi connectivity index (χ0) is 12.8. The molecule has 0 saturated heterocycles. The van der Waals surface area contributed by atoms with Gasteiger partial charge in [-0.2, -0.15) is 15.8 Å². The highest BCUT2D eigenvalue weighted by molar-refractivity contribution is 9.10. The summed E-state index contributed by atoms with van der Waals surface area (Å²) in [7, 11) is 0. The van der Waals surface area contributed by atoms with Crippen molar-refractivity contribution in [3.8, 4) is 18.2 Å². The zero-order valence-electron chi connectivity index (χ0n) is 8.33. The van der Waals surface area contributed by atoms with E-state index in [1.807, 2.05) is 0 Å². The van der Waals surface area contributed by atoms with E-state index < -0.39 is 11.4 Å². The summed E-state index contributed by atoms with van der Waals surface area (Å²) in [5, 5.41) is 28.4. The number of nitrogens with one attached hydrogen (secondary N) is 1. The molecule has 0 unspecified atom stereocenters. The van der Waals surface area contributed by atoms with E-state index in [1.165, 1.54) is 18.2 Å². The van der Waals surface area contributed by atoms with Crippen LogP contribution in [-0.4, -0.2) is 0 Å². The summed E-state index contributed by atoms with van der Waals surface area (Å²) in [6.07, 6.45) is 0. The van der Waals surface area contributed by atoms with Crippen LogP contribution in [0.1, 0.15) is 0 Å². The van der Waals surface area contributed by atoms with Crippen LogP contribution in [0.25, 0.3) is 0 Å². The van der Waals surface area contributed by atoms with Gasteiger partial charge in [-0.3, -0.25) is 0 Å². The Morgan fingerprint density at radius 2 is 1.82 bits per heavy atom. The van der Waals surface area contributed by atoms with Crippen LogP contribution in [0, 0.1) is 39.8 Å². The zero-order valence-corrected chi connectivity index (χ0v) is 9.92. The number of anilines is 1. The SMILES string of the molecule is N#CC(C#N)=C(C#N)Nc1cc(Br)ccc1F. The number of nitrogens with zero attached hydrogens (tertiary/aromatic N) is 3. The number of allylic oxidation sites excluding steroid dienone is 2. The minimum Gasteiger partial charge on any atom is -0.343 e. The molecule has 1 N–H and O–H groups in total. The minimum absolute atomic E-state index is 0.0129. The number of benzene rings is 1. The van der Waals surface area contributed by atoms with Gasteiger partial charge in [0.25, 0.3) is 0 Å². The van der Waals surface area contributed by atoms with E-state index in [0.717, 1.165) is 0 Å². The van der Waals surface area contributed by atoms with Gasteiger partial charge in [-0.15, -0.1) is 0 Å². The second kappa shape index (κ2) is 5.65. The lowest BCUT2D eigenvalue weighted by molar-refractivity contribution is 0.631. The Kier molecular flexibility index (Phi) is 4.22. The van der Waals surface area contributed by atoms with Gasteiger partial charge in [-0.25, -0.2) is 4.39 Å². The van der Waals surface area contributed by atoms with Crippen molar-refractivity contribution in [3.05, 3.63) is 39.8 Å². The molecule has 0 amide bonds. The van der Waals surface area contributed by atoms with E-state index in [-0.39, 0.29) is 11.4 Å². The Balaban J connectivity index is 3.20. The van der Waals surface area contributed by atoms with Crippen LogP contribution in [0.2, 0.25) is 0 Å². The molecule has 4 nitrogen and oxygen atoms in total. The van der Waals surface area contributed by atoms with E-state index in [4.69, 9.17) is 15.8 Å². The normalized spacial score (nSPS) is 8.41. The Morgan fingerprint density at radius 3 is 2.35 bits per heavy atom. The van der Waals surface area contributed by atoms with E-state index in [2.05, 4.69) is 21.2 Å². The van der Waals surface area contributed by atoms with Gasteiger partial charge in [0.2, 0.25) is 0 Å². The molecule has 0 heterocycles. The average molecular weight is 291 g/mol. The predicted octanol–water partition coefficient (Wildman–Crippen LogP) is 2.82. The van der Waals surface area contributed by atoms with Crippen molar-refractivity contribution in [2.45, 2.75) is 0 Å². The molecule has 82 valence electrons. The van der Waals surface area contributed by atoms with Crippen LogP contribution >= 0.6 is 15.9 Å². The maximum Gasteiger partial charge on any atom is 0.163 e. The lowest BCUT2D eigenvalue weighted by atomic mass is 10.2. The molecule has 0 bridgehead atoms. The molecule has 0 spiro atoms. The number of nitriles is 3. The van der Waals surface area contributed by atoms with Gasteiger partial charge in [0, 0.05) is 4.47 Å². The van der Waals surface area contributed by atoms with Crippen LogP contribution in [0.3, 0.4) is 0 Å². The number of hydrogen-bond acceptors (Lipinski definition) is 4. The maximum atomic E-state index is 13.4. The van der Waals surface area contributed by atoms with E-state index in [0.29, 0.717) is 4.47 Å². The van der Waals surface area contributed by atoms with Gasteiger partial charge in [-0.05, 0) is 18.2 Å². The molecule has 1 rings (SSSR count). The summed E-state index contributed by atoms with van der Waals surface area (Å²) in [6, 6.07) is 8.84. The van der Waals surface area contributed by atoms with Crippen LogP contribution in [0.15, 0.2) is 33.9 Å². The highest BCUT2D eigenvalue weighted by atomic mass is 79.9. The molecule has 0 fully saturated rings. The molecule has 6 heteroatoms. The third-order valence-electron chi connectivity index (χ3n) is 1.77. The second-order valence-electron chi connectivity index (χ2n) is 2.83. The Hall–Kier alpha value is -2.36. The van der Waals surface area contributed by atoms with Crippen molar-refractivity contribution in [2.75, 3.05) is 5.32 Å². The van der Waals surface area contributed by atoms with Crippen molar-refractivity contribution in [2.24, 2.45) is 0 Å². The van der Waals surface area contributed by atoms with Crippen molar-refractivity contribution >= 4 is 21.6 Å². The second-order valence-corrected chi connectivity index (χ2v) is 3.75. The highest BCUT2D eigenvalue weighted by Crippen LogP contribution is 2.21. The summed E-state index contributed by atoms with van der Waals surface area (Å²) < 4.78 is 14.0. The molecule has 0 aliphatic carbocycles. The maximum absolute atomic E-state index is 13.4. The molecule has 1 aromatic rings. The van der Waals surface area contributed by atoms with Gasteiger partial charge in [0.1, 0.15) is 29.7 Å². The van der Waals surface area contributed by atoms with Crippen LogP contribution in [0.4, 0.5) is 10.1 Å². The third kappa shape index (κ3) is 3.04. The van der Waals surface area contributed by atoms with Gasteiger partial charge < -0.3 is 5.32 Å². The molecule has 1 aromatic carbocycles. The summed E-state index contributed by atoms with van der Waals surface area (Å²) in [5.41, 5.74) is -0.669. The van der Waals surface area contributed by atoms with Gasteiger partial charge >= 0.3 is 0 Å². The number of hydrogen-bond donors (Lipinski definition) is 1. The van der Waals surface area contributed by atoms with E-state index >= 15 is 0 Å². The van der Waals surface area contributed by atoms with Crippen molar-refractivity contribution < 1.29 is 4.39 Å². The molecular formula is C11H4BrFN4. The summed E-state index contributed by atoms with van der Waals surface area (Å²) in [5.74, 6) is -0.587. The summed E-state index contributed by atoms with van der Waals surface area (Å²) >= 11 is 3.14. The monoisotopic (exact) mass is 290 g/mol. The van der Waals surface area contributed by atoms with Gasteiger partial charge in [0.15, 0.2) is 5.57 Å². The van der Waals surface area contributed by atoms with Crippen molar-refractivity contribution in [1.29, 1.82) is 15.8 Å². The smallest absolute Gasteiger partial charge is 0.163 e. The fourth-order valence-corrected chi connectivity index (χ4v) is 1.37. The predicted molar refractivity (Wildman–Crippen MR) is 61.6 cm³/mol. The van der Waals surface area contributed by atoms with Crippen LogP contribution in [-0.2, 0) is 0 Å². The average Bonchev–Trinajstić information content (AvgIpc) is 2.33. The van der Waals surface area contributed by atoms with Gasteiger partial charge in [-0.1, -0.05) is 15.9 Å². The molecule has 0 radical (unpaired) electrons. The Bertz CT molecular complexity index is 585. The summed E-state index contributed by atoms with van der Waals surface area (Å²) in [4.78, 5) is 0.